The van der Waals surface area contributed by atoms with Gasteiger partial charge in [0.15, 0.2) is 5.78 Å². The number of amides is 2. The van der Waals surface area contributed by atoms with Crippen LogP contribution >= 0.6 is 11.3 Å². The summed E-state index contributed by atoms with van der Waals surface area (Å²) in [6.45, 7) is 2.99. The number of rotatable bonds is 4. The maximum atomic E-state index is 13.7. The summed E-state index contributed by atoms with van der Waals surface area (Å²) >= 11 is 1.38. The molecule has 0 aliphatic carbocycles. The number of Topliss-reactive ketones (excluding diaryl/α,β-unsaturated/α-hetero) is 1. The topological polar surface area (TPSA) is 66.9 Å². The maximum Gasteiger partial charge on any atom is 0.235 e. The number of allylic oxidation sites excluding steroid dienone is 1. The van der Waals surface area contributed by atoms with Gasteiger partial charge in [0.2, 0.25) is 11.8 Å². The maximum absolute atomic E-state index is 13.7. The number of benzene rings is 1. The monoisotopic (exact) mass is 448 g/mol. The fraction of sp³-hybridized carbons (Fsp3) is 0.400. The number of likely N-dealkylation sites (tertiary alicyclic amines) is 1. The van der Waals surface area contributed by atoms with E-state index in [9.17, 15) is 14.4 Å². The molecule has 3 saturated heterocycles. The van der Waals surface area contributed by atoms with Crippen molar-refractivity contribution in [3.8, 4) is 0 Å². The lowest BCUT2D eigenvalue weighted by Crippen LogP contribution is -2.49. The largest absolute Gasteiger partial charge is 0.376 e. The van der Waals surface area contributed by atoms with Crippen molar-refractivity contribution in [2.24, 2.45) is 11.8 Å². The molecular weight excluding hydrogens is 424 g/mol. The molecule has 2 amide bonds. The van der Waals surface area contributed by atoms with Crippen LogP contribution in [-0.2, 0) is 14.3 Å². The predicted octanol–water partition coefficient (Wildman–Crippen LogP) is 3.39. The number of anilines is 1. The summed E-state index contributed by atoms with van der Waals surface area (Å²) in [6.07, 6.45) is 3.77. The summed E-state index contributed by atoms with van der Waals surface area (Å²) in [7, 11) is 0. The van der Waals surface area contributed by atoms with Gasteiger partial charge in [-0.1, -0.05) is 30.3 Å². The number of thiophene rings is 1. The molecule has 7 heteroatoms. The second-order valence-electron chi connectivity index (χ2n) is 9.02. The van der Waals surface area contributed by atoms with Crippen LogP contribution in [0.2, 0.25) is 0 Å². The Morgan fingerprint density at radius 1 is 1.12 bits per heavy atom. The molecule has 0 bridgehead atoms. The zero-order valence-corrected chi connectivity index (χ0v) is 18.6. The van der Waals surface area contributed by atoms with E-state index in [0.717, 1.165) is 29.7 Å². The molecule has 4 aliphatic heterocycles. The summed E-state index contributed by atoms with van der Waals surface area (Å²) < 4.78 is 5.70. The molecule has 0 N–H and O–H groups in total. The third-order valence-electron chi connectivity index (χ3n) is 7.29. The molecule has 5 atom stereocenters. The van der Waals surface area contributed by atoms with Crippen molar-refractivity contribution in [1.29, 1.82) is 0 Å². The Morgan fingerprint density at radius 2 is 1.94 bits per heavy atom. The molecule has 6 nitrogen and oxygen atoms in total. The van der Waals surface area contributed by atoms with Crippen molar-refractivity contribution < 1.29 is 19.1 Å². The van der Waals surface area contributed by atoms with Crippen molar-refractivity contribution in [1.82, 2.24) is 4.90 Å². The average molecular weight is 449 g/mol. The predicted molar refractivity (Wildman–Crippen MR) is 121 cm³/mol. The van der Waals surface area contributed by atoms with Crippen molar-refractivity contribution in [3.05, 3.63) is 58.3 Å². The SMILES string of the molecule is CC1=C[C@H]2[C@H]3C(=O)N(C[C@@H]4CCCO4)C(=O)[C@@H]3[C@H](C(=O)c3cccs3)N2c2ccccc21. The van der Waals surface area contributed by atoms with Gasteiger partial charge in [-0.3, -0.25) is 19.3 Å². The van der Waals surface area contributed by atoms with E-state index in [-0.39, 0.29) is 36.3 Å². The van der Waals surface area contributed by atoms with Crippen molar-refractivity contribution >= 4 is 40.2 Å². The number of carbonyl (C=O) groups excluding carboxylic acids is 3. The first-order valence-electron chi connectivity index (χ1n) is 11.2. The number of ether oxygens (including phenoxy) is 1. The van der Waals surface area contributed by atoms with Crippen LogP contribution in [0.25, 0.3) is 5.57 Å². The first-order valence-corrected chi connectivity index (χ1v) is 12.0. The zero-order valence-electron chi connectivity index (χ0n) is 17.8. The normalized spacial score (nSPS) is 30.9. The van der Waals surface area contributed by atoms with E-state index in [1.165, 1.54) is 16.2 Å². The van der Waals surface area contributed by atoms with Gasteiger partial charge >= 0.3 is 0 Å². The molecule has 164 valence electrons. The van der Waals surface area contributed by atoms with E-state index in [2.05, 4.69) is 6.08 Å². The average Bonchev–Trinajstić information content (AvgIpc) is 3.58. The first kappa shape index (κ1) is 19.9. The molecule has 0 unspecified atom stereocenters. The molecule has 1 aromatic carbocycles. The third kappa shape index (κ3) is 2.77. The zero-order chi connectivity index (χ0) is 22.0. The molecule has 4 aliphatic rings. The number of hydrogen-bond donors (Lipinski definition) is 0. The fourth-order valence-electron chi connectivity index (χ4n) is 5.90. The highest BCUT2D eigenvalue weighted by atomic mass is 32.1. The summed E-state index contributed by atoms with van der Waals surface area (Å²) in [5.74, 6) is -1.72. The molecule has 3 fully saturated rings. The Kier molecular flexibility index (Phi) is 4.59. The number of para-hydroxylation sites is 1. The van der Waals surface area contributed by atoms with Crippen LogP contribution in [-0.4, -0.2) is 53.8 Å². The Balaban J connectivity index is 1.45. The van der Waals surface area contributed by atoms with E-state index in [4.69, 9.17) is 4.74 Å². The third-order valence-corrected chi connectivity index (χ3v) is 8.17. The van der Waals surface area contributed by atoms with Gasteiger partial charge in [0.1, 0.15) is 6.04 Å². The number of fused-ring (bicyclic) bond motifs is 5. The van der Waals surface area contributed by atoms with Gasteiger partial charge in [0.05, 0.1) is 35.4 Å². The molecule has 2 aromatic rings. The number of imide groups is 1. The van der Waals surface area contributed by atoms with E-state index < -0.39 is 17.9 Å². The highest BCUT2D eigenvalue weighted by molar-refractivity contribution is 7.12. The molecular formula is C25H24N2O4S. The van der Waals surface area contributed by atoms with Crippen LogP contribution in [0.3, 0.4) is 0 Å². The van der Waals surface area contributed by atoms with Gasteiger partial charge in [-0.15, -0.1) is 11.3 Å². The standard InChI is InChI=1S/C25H24N2O4S/c1-14-12-18-20-21(25(30)26(24(20)29)13-15-6-4-10-31-15)22(23(28)19-9-5-11-32-19)27(18)17-8-3-2-7-16(14)17/h2-3,5,7-9,11-12,15,18,20-22H,4,6,10,13H2,1H3/t15-,18-,20+,21-,22+/m0/s1. The second kappa shape index (κ2) is 7.39. The van der Waals surface area contributed by atoms with E-state index >= 15 is 0 Å². The van der Waals surface area contributed by atoms with Gasteiger partial charge in [-0.05, 0) is 42.9 Å². The minimum absolute atomic E-state index is 0.0830. The number of ketones is 1. The Labute approximate surface area is 190 Å². The number of carbonyl (C=O) groups is 3. The molecule has 1 aromatic heterocycles. The molecule has 0 saturated carbocycles. The van der Waals surface area contributed by atoms with Gasteiger partial charge in [0, 0.05) is 17.9 Å². The molecule has 6 rings (SSSR count). The Hall–Kier alpha value is -2.77. The van der Waals surface area contributed by atoms with Crippen LogP contribution in [0, 0.1) is 11.8 Å². The highest BCUT2D eigenvalue weighted by Gasteiger charge is 2.64. The van der Waals surface area contributed by atoms with Crippen LogP contribution in [0.15, 0.2) is 47.9 Å². The lowest BCUT2D eigenvalue weighted by Gasteiger charge is -2.38. The number of hydrogen-bond acceptors (Lipinski definition) is 6. The van der Waals surface area contributed by atoms with Crippen molar-refractivity contribution in [2.75, 3.05) is 18.1 Å². The smallest absolute Gasteiger partial charge is 0.235 e. The van der Waals surface area contributed by atoms with Gasteiger partial charge in [-0.2, -0.15) is 0 Å². The quantitative estimate of drug-likeness (QED) is 0.530. The van der Waals surface area contributed by atoms with Crippen LogP contribution < -0.4 is 4.90 Å². The minimum atomic E-state index is -0.694. The summed E-state index contributed by atoms with van der Waals surface area (Å²) in [5.41, 5.74) is 3.04. The van der Waals surface area contributed by atoms with E-state index in [1.807, 2.05) is 47.5 Å². The van der Waals surface area contributed by atoms with Gasteiger partial charge in [0.25, 0.3) is 0 Å². The second-order valence-corrected chi connectivity index (χ2v) is 9.97. The van der Waals surface area contributed by atoms with Crippen LogP contribution in [0.5, 0.6) is 0 Å². The van der Waals surface area contributed by atoms with Crippen molar-refractivity contribution in [3.63, 3.8) is 0 Å². The molecule has 0 radical (unpaired) electrons. The van der Waals surface area contributed by atoms with E-state index in [1.54, 1.807) is 6.07 Å². The lowest BCUT2D eigenvalue weighted by atomic mass is 9.86. The molecule has 0 spiro atoms. The highest BCUT2D eigenvalue weighted by Crippen LogP contribution is 2.50. The lowest BCUT2D eigenvalue weighted by molar-refractivity contribution is -0.142. The molecule has 5 heterocycles. The Morgan fingerprint density at radius 3 is 2.69 bits per heavy atom. The van der Waals surface area contributed by atoms with Crippen molar-refractivity contribution in [2.45, 2.75) is 38.0 Å². The van der Waals surface area contributed by atoms with Crippen LogP contribution in [0.4, 0.5) is 5.69 Å². The first-order chi connectivity index (χ1) is 15.6. The summed E-state index contributed by atoms with van der Waals surface area (Å²) in [4.78, 5) is 45.0. The van der Waals surface area contributed by atoms with Gasteiger partial charge in [-0.25, -0.2) is 0 Å². The number of nitrogens with zero attached hydrogens (tertiary/aromatic N) is 2. The Bertz CT molecular complexity index is 1130. The minimum Gasteiger partial charge on any atom is -0.376 e. The molecule has 32 heavy (non-hydrogen) atoms. The summed E-state index contributed by atoms with van der Waals surface area (Å²) in [5, 5.41) is 1.87. The summed E-state index contributed by atoms with van der Waals surface area (Å²) in [6, 6.07) is 10.6. The van der Waals surface area contributed by atoms with Gasteiger partial charge < -0.3 is 9.64 Å². The fourth-order valence-corrected chi connectivity index (χ4v) is 6.59. The van der Waals surface area contributed by atoms with Crippen LogP contribution in [0.1, 0.15) is 35.0 Å². The van der Waals surface area contributed by atoms with E-state index in [0.29, 0.717) is 11.5 Å².